The summed E-state index contributed by atoms with van der Waals surface area (Å²) in [7, 11) is 0. The molecule has 0 fully saturated rings. The number of carbonyl (C=O) groups excluding carboxylic acids is 1. The summed E-state index contributed by atoms with van der Waals surface area (Å²) in [5, 5.41) is 5.54. The Morgan fingerprint density at radius 3 is 2.36 bits per heavy atom. The first kappa shape index (κ1) is 16.5. The fourth-order valence-corrected chi connectivity index (χ4v) is 2.09. The zero-order valence-electron chi connectivity index (χ0n) is 13.0. The van der Waals surface area contributed by atoms with Crippen LogP contribution in [0.3, 0.4) is 0 Å². The number of anilines is 2. The van der Waals surface area contributed by atoms with E-state index in [1.807, 2.05) is 0 Å². The summed E-state index contributed by atoms with van der Waals surface area (Å²) in [6.45, 7) is 0.266. The minimum atomic E-state index is -0.373. The van der Waals surface area contributed by atoms with E-state index in [9.17, 15) is 13.6 Å². The van der Waals surface area contributed by atoms with Crippen molar-refractivity contribution in [2.45, 2.75) is 6.54 Å². The molecule has 0 bridgehead atoms. The Labute approximate surface area is 142 Å². The molecule has 25 heavy (non-hydrogen) atoms. The fraction of sp³-hybridized carbons (Fsp3) is 0.0556. The van der Waals surface area contributed by atoms with Gasteiger partial charge in [-0.2, -0.15) is 0 Å². The molecule has 0 radical (unpaired) electrons. The molecule has 0 aliphatic heterocycles. The Bertz CT molecular complexity index is 867. The molecule has 3 aromatic rings. The van der Waals surface area contributed by atoms with Gasteiger partial charge >= 0.3 is 0 Å². The fourth-order valence-electron chi connectivity index (χ4n) is 2.09. The average molecular weight is 340 g/mol. The lowest BCUT2D eigenvalue weighted by molar-refractivity contribution is 0.0950. The van der Waals surface area contributed by atoms with Gasteiger partial charge < -0.3 is 10.6 Å². The number of nitrogens with one attached hydrogen (secondary N) is 2. The van der Waals surface area contributed by atoms with Gasteiger partial charge in [0.15, 0.2) is 0 Å². The first-order valence-corrected chi connectivity index (χ1v) is 7.47. The maximum absolute atomic E-state index is 13.1. The lowest BCUT2D eigenvalue weighted by Gasteiger charge is -2.07. The highest BCUT2D eigenvalue weighted by molar-refractivity contribution is 5.93. The van der Waals surface area contributed by atoms with E-state index in [1.165, 1.54) is 36.7 Å². The molecule has 0 saturated carbocycles. The quantitative estimate of drug-likeness (QED) is 0.747. The lowest BCUT2D eigenvalue weighted by atomic mass is 10.2. The molecule has 1 heterocycles. The summed E-state index contributed by atoms with van der Waals surface area (Å²) < 4.78 is 26.0. The third-order valence-electron chi connectivity index (χ3n) is 3.36. The van der Waals surface area contributed by atoms with E-state index >= 15 is 0 Å². The summed E-state index contributed by atoms with van der Waals surface area (Å²) in [5.74, 6) is -0.797. The molecule has 126 valence electrons. The van der Waals surface area contributed by atoms with E-state index < -0.39 is 0 Å². The van der Waals surface area contributed by atoms with Crippen molar-refractivity contribution in [1.29, 1.82) is 0 Å². The van der Waals surface area contributed by atoms with E-state index in [0.717, 1.165) is 5.56 Å². The molecular weight excluding hydrogens is 326 g/mol. The first-order chi connectivity index (χ1) is 12.1. The Morgan fingerprint density at radius 2 is 1.68 bits per heavy atom. The van der Waals surface area contributed by atoms with Gasteiger partial charge in [0.2, 0.25) is 5.95 Å². The lowest BCUT2D eigenvalue weighted by Crippen LogP contribution is -2.23. The highest BCUT2D eigenvalue weighted by Gasteiger charge is 2.07. The molecule has 0 atom stereocenters. The smallest absolute Gasteiger partial charge is 0.254 e. The van der Waals surface area contributed by atoms with Gasteiger partial charge in [-0.15, -0.1) is 0 Å². The van der Waals surface area contributed by atoms with Crippen LogP contribution < -0.4 is 10.6 Å². The van der Waals surface area contributed by atoms with Crippen LogP contribution in [0.4, 0.5) is 20.4 Å². The predicted molar refractivity (Wildman–Crippen MR) is 89.3 cm³/mol. The van der Waals surface area contributed by atoms with Crippen LogP contribution in [0.25, 0.3) is 0 Å². The molecule has 0 saturated heterocycles. The van der Waals surface area contributed by atoms with E-state index in [1.54, 1.807) is 24.3 Å². The monoisotopic (exact) mass is 340 g/mol. The topological polar surface area (TPSA) is 66.9 Å². The Morgan fingerprint density at radius 1 is 0.960 bits per heavy atom. The Kier molecular flexibility index (Phi) is 4.94. The number of hydrogen-bond acceptors (Lipinski definition) is 4. The van der Waals surface area contributed by atoms with Crippen LogP contribution in [-0.4, -0.2) is 15.9 Å². The molecule has 2 N–H and O–H groups in total. The van der Waals surface area contributed by atoms with Gasteiger partial charge in [-0.1, -0.05) is 18.2 Å². The number of rotatable bonds is 5. The van der Waals surface area contributed by atoms with Gasteiger partial charge in [-0.3, -0.25) is 4.79 Å². The van der Waals surface area contributed by atoms with E-state index in [-0.39, 0.29) is 35.6 Å². The minimum Gasteiger partial charge on any atom is -0.348 e. The van der Waals surface area contributed by atoms with Crippen molar-refractivity contribution in [3.8, 4) is 0 Å². The van der Waals surface area contributed by atoms with Crippen LogP contribution in [-0.2, 0) is 6.54 Å². The third-order valence-corrected chi connectivity index (χ3v) is 3.36. The van der Waals surface area contributed by atoms with Crippen LogP contribution in [0.5, 0.6) is 0 Å². The summed E-state index contributed by atoms with van der Waals surface area (Å²) in [5.41, 5.74) is 1.57. The normalized spacial score (nSPS) is 10.3. The second-order valence-corrected chi connectivity index (χ2v) is 5.24. The van der Waals surface area contributed by atoms with E-state index in [0.29, 0.717) is 5.69 Å². The molecular formula is C18H14F2N4O. The standard InChI is InChI=1S/C18H14F2N4O/c19-14-6-4-12(5-7-14)9-21-17(25)13-10-22-18(23-11-13)24-16-3-1-2-15(20)8-16/h1-8,10-11H,9H2,(H,21,25)(H,22,23,24). The molecule has 1 aromatic heterocycles. The van der Waals surface area contributed by atoms with Gasteiger partial charge in [-0.05, 0) is 35.9 Å². The van der Waals surface area contributed by atoms with Gasteiger partial charge in [0.1, 0.15) is 11.6 Å². The molecule has 0 aliphatic carbocycles. The molecule has 0 spiro atoms. The maximum Gasteiger partial charge on any atom is 0.254 e. The van der Waals surface area contributed by atoms with Crippen LogP contribution in [0.2, 0.25) is 0 Å². The van der Waals surface area contributed by atoms with Gasteiger partial charge in [0, 0.05) is 24.6 Å². The third kappa shape index (κ3) is 4.57. The SMILES string of the molecule is O=C(NCc1ccc(F)cc1)c1cnc(Nc2cccc(F)c2)nc1. The van der Waals surface area contributed by atoms with Crippen molar-refractivity contribution >= 4 is 17.5 Å². The van der Waals surface area contributed by atoms with Crippen molar-refractivity contribution in [2.24, 2.45) is 0 Å². The molecule has 1 amide bonds. The maximum atomic E-state index is 13.1. The average Bonchev–Trinajstić information content (AvgIpc) is 2.62. The molecule has 2 aromatic carbocycles. The molecule has 3 rings (SSSR count). The van der Waals surface area contributed by atoms with Crippen LogP contribution in [0.15, 0.2) is 60.9 Å². The number of halogens is 2. The number of carbonyl (C=O) groups is 1. The molecule has 0 aliphatic rings. The predicted octanol–water partition coefficient (Wildman–Crippen LogP) is 3.43. The van der Waals surface area contributed by atoms with Crippen molar-refractivity contribution in [3.05, 3.63) is 83.7 Å². The summed E-state index contributed by atoms with van der Waals surface area (Å²) >= 11 is 0. The number of amides is 1. The van der Waals surface area contributed by atoms with Crippen molar-refractivity contribution < 1.29 is 13.6 Å². The van der Waals surface area contributed by atoms with Gasteiger partial charge in [0.05, 0.1) is 5.56 Å². The van der Waals surface area contributed by atoms with Gasteiger partial charge in [-0.25, -0.2) is 18.7 Å². The van der Waals surface area contributed by atoms with Crippen LogP contribution >= 0.6 is 0 Å². The second kappa shape index (κ2) is 7.48. The van der Waals surface area contributed by atoms with E-state index in [4.69, 9.17) is 0 Å². The number of nitrogens with zero attached hydrogens (tertiary/aromatic N) is 2. The summed E-state index contributed by atoms with van der Waals surface area (Å²) in [6.07, 6.45) is 2.74. The highest BCUT2D eigenvalue weighted by Crippen LogP contribution is 2.13. The molecule has 7 heteroatoms. The summed E-state index contributed by atoms with van der Waals surface area (Å²) in [6, 6.07) is 11.7. The van der Waals surface area contributed by atoms with Gasteiger partial charge in [0.25, 0.3) is 5.91 Å². The zero-order valence-corrected chi connectivity index (χ0v) is 13.0. The first-order valence-electron chi connectivity index (χ1n) is 7.47. The van der Waals surface area contributed by atoms with Crippen LogP contribution in [0.1, 0.15) is 15.9 Å². The molecule has 0 unspecified atom stereocenters. The number of aromatic nitrogens is 2. The minimum absolute atomic E-state index is 0.251. The van der Waals surface area contributed by atoms with E-state index in [2.05, 4.69) is 20.6 Å². The zero-order chi connectivity index (χ0) is 17.6. The highest BCUT2D eigenvalue weighted by atomic mass is 19.1. The number of hydrogen-bond donors (Lipinski definition) is 2. The Hall–Kier alpha value is -3.35. The Balaban J connectivity index is 1.59. The van der Waals surface area contributed by atoms with Crippen molar-refractivity contribution in [2.75, 3.05) is 5.32 Å². The number of benzene rings is 2. The molecule has 5 nitrogen and oxygen atoms in total. The van der Waals surface area contributed by atoms with Crippen molar-refractivity contribution in [3.63, 3.8) is 0 Å². The van der Waals surface area contributed by atoms with Crippen LogP contribution in [0, 0.1) is 11.6 Å². The largest absolute Gasteiger partial charge is 0.348 e. The summed E-state index contributed by atoms with van der Waals surface area (Å²) in [4.78, 5) is 20.1. The second-order valence-electron chi connectivity index (χ2n) is 5.24. The van der Waals surface area contributed by atoms with Crippen molar-refractivity contribution in [1.82, 2.24) is 15.3 Å².